The summed E-state index contributed by atoms with van der Waals surface area (Å²) in [7, 11) is 0. The van der Waals surface area contributed by atoms with Crippen LogP contribution in [0.25, 0.3) is 11.8 Å². The van der Waals surface area contributed by atoms with E-state index in [9.17, 15) is 32.8 Å². The number of nitriles is 1. The molecule has 1 aromatic carbocycles. The number of alkyl halides is 3. The summed E-state index contributed by atoms with van der Waals surface area (Å²) in [5.74, 6) is -0.0969. The van der Waals surface area contributed by atoms with Crippen molar-refractivity contribution < 1.29 is 22.8 Å². The summed E-state index contributed by atoms with van der Waals surface area (Å²) in [6.45, 7) is 2.27. The topological polar surface area (TPSA) is 119 Å². The van der Waals surface area contributed by atoms with Crippen LogP contribution in [-0.4, -0.2) is 53.6 Å². The van der Waals surface area contributed by atoms with Crippen molar-refractivity contribution in [1.82, 2.24) is 14.8 Å². The maximum absolute atomic E-state index is 12.9. The van der Waals surface area contributed by atoms with Gasteiger partial charge in [-0.2, -0.15) is 18.4 Å². The van der Waals surface area contributed by atoms with Gasteiger partial charge in [0, 0.05) is 24.1 Å². The molecule has 1 saturated heterocycles. The number of rotatable bonds is 8. The minimum atomic E-state index is -4.21. The van der Waals surface area contributed by atoms with Crippen LogP contribution >= 0.6 is 11.3 Å². The van der Waals surface area contributed by atoms with Gasteiger partial charge in [-0.1, -0.05) is 12.0 Å². The molecule has 0 radical (unpaired) electrons. The monoisotopic (exact) mass is 560 g/mol. The van der Waals surface area contributed by atoms with Crippen molar-refractivity contribution >= 4 is 46.3 Å². The van der Waals surface area contributed by atoms with Crippen molar-refractivity contribution in [2.24, 2.45) is 5.92 Å². The Balaban J connectivity index is 1.71. The maximum atomic E-state index is 12.9. The molecular weight excluding hydrogens is 533 g/mol. The molecule has 1 aliphatic rings. The Bertz CT molecular complexity index is 1470. The van der Waals surface area contributed by atoms with E-state index in [0.717, 1.165) is 11.3 Å². The zero-order valence-electron chi connectivity index (χ0n) is 21.1. The average molecular weight is 561 g/mol. The molecule has 3 N–H and O–H groups in total. The van der Waals surface area contributed by atoms with Gasteiger partial charge in [-0.3, -0.25) is 23.9 Å². The van der Waals surface area contributed by atoms with Crippen LogP contribution in [-0.2, 0) is 16.1 Å². The van der Waals surface area contributed by atoms with Gasteiger partial charge in [0.05, 0.1) is 19.0 Å². The molecule has 2 aromatic rings. The Hall–Kier alpha value is -4.07. The minimum Gasteiger partial charge on any atom is -0.360 e. The van der Waals surface area contributed by atoms with Gasteiger partial charge in [0.2, 0.25) is 5.91 Å². The summed E-state index contributed by atoms with van der Waals surface area (Å²) in [5.41, 5.74) is 0.404. The fraction of sp³-hybridized carbons (Fsp3) is 0.385. The first-order valence-electron chi connectivity index (χ1n) is 12.1. The number of anilines is 2. The van der Waals surface area contributed by atoms with Crippen LogP contribution in [0.3, 0.4) is 0 Å². The molecule has 13 heteroatoms. The number of thiazole rings is 1. The number of carbonyl (C=O) groups excluding carboxylic acids is 2. The normalized spacial score (nSPS) is 15.7. The van der Waals surface area contributed by atoms with Crippen LogP contribution in [0.1, 0.15) is 19.8 Å². The van der Waals surface area contributed by atoms with E-state index >= 15 is 0 Å². The molecule has 0 aliphatic carbocycles. The second-order valence-corrected chi connectivity index (χ2v) is 9.73. The molecule has 0 atom stereocenters. The predicted octanol–water partition coefficient (Wildman–Crippen LogP) is 1.42. The summed E-state index contributed by atoms with van der Waals surface area (Å²) in [6.07, 6.45) is 2.33. The number of piperidine rings is 1. The van der Waals surface area contributed by atoms with Crippen LogP contribution in [0.5, 0.6) is 0 Å². The lowest BCUT2D eigenvalue weighted by Crippen LogP contribution is -2.42. The third-order valence-corrected chi connectivity index (χ3v) is 7.19. The summed E-state index contributed by atoms with van der Waals surface area (Å²) >= 11 is 0.975. The van der Waals surface area contributed by atoms with E-state index < -0.39 is 18.0 Å². The van der Waals surface area contributed by atoms with Crippen LogP contribution in [0, 0.1) is 29.6 Å². The van der Waals surface area contributed by atoms with E-state index in [-0.39, 0.29) is 71.8 Å². The van der Waals surface area contributed by atoms with Gasteiger partial charge in [-0.25, -0.2) is 0 Å². The Labute approximate surface area is 226 Å². The molecule has 0 saturated carbocycles. The summed E-state index contributed by atoms with van der Waals surface area (Å²) in [4.78, 5) is 39.3. The summed E-state index contributed by atoms with van der Waals surface area (Å²) in [5, 5.41) is 17.7. The fourth-order valence-electron chi connectivity index (χ4n) is 4.07. The smallest absolute Gasteiger partial charge is 0.360 e. The number of hydrogen-bond donors (Lipinski definition) is 3. The maximum Gasteiger partial charge on any atom is 0.391 e. The zero-order valence-corrected chi connectivity index (χ0v) is 21.9. The van der Waals surface area contributed by atoms with Crippen molar-refractivity contribution in [3.05, 3.63) is 43.8 Å². The molecular formula is C26H27F3N6O3S. The highest BCUT2D eigenvalue weighted by Crippen LogP contribution is 2.34. The Morgan fingerprint density at radius 1 is 1.26 bits per heavy atom. The molecule has 0 unspecified atom stereocenters. The standard InChI is InChI=1S/C26H27F3N6O3S/c1-3-10-31-23(37)20(14-30)25-35(4-2)24(38)21(39-25)15-32-18-6-5-7-19(13-18)33-22(36)16-34-11-8-17(9-12-34)26(27,28)29/h1,5-7,13,15,17,32H,4,8-12,16H2,2H3,(H,31,37)(H,33,36)/b21-15+,25-20-. The number of aromatic nitrogens is 1. The molecule has 1 aromatic heterocycles. The molecule has 9 nitrogen and oxygen atoms in total. The molecule has 206 valence electrons. The number of amides is 2. The number of benzene rings is 1. The lowest BCUT2D eigenvalue weighted by molar-refractivity contribution is -0.184. The molecule has 39 heavy (non-hydrogen) atoms. The van der Waals surface area contributed by atoms with Gasteiger partial charge >= 0.3 is 6.18 Å². The van der Waals surface area contributed by atoms with Crippen LogP contribution in [0.2, 0.25) is 0 Å². The number of nitrogens with one attached hydrogen (secondary N) is 3. The van der Waals surface area contributed by atoms with Gasteiger partial charge in [-0.15, -0.1) is 17.8 Å². The molecule has 0 spiro atoms. The summed E-state index contributed by atoms with van der Waals surface area (Å²) in [6, 6.07) is 8.53. The van der Waals surface area contributed by atoms with Gasteiger partial charge in [0.15, 0.2) is 5.57 Å². The van der Waals surface area contributed by atoms with Crippen molar-refractivity contribution in [1.29, 1.82) is 5.26 Å². The Morgan fingerprint density at radius 3 is 2.56 bits per heavy atom. The first-order chi connectivity index (χ1) is 18.6. The second-order valence-electron chi connectivity index (χ2n) is 8.70. The van der Waals surface area contributed by atoms with Crippen LogP contribution < -0.4 is 30.7 Å². The first kappa shape index (κ1) is 29.5. The fourth-order valence-corrected chi connectivity index (χ4v) is 5.15. The number of halogens is 3. The van der Waals surface area contributed by atoms with Crippen molar-refractivity contribution in [2.45, 2.75) is 32.5 Å². The average Bonchev–Trinajstić information content (AvgIpc) is 3.21. The van der Waals surface area contributed by atoms with E-state index in [4.69, 9.17) is 6.42 Å². The van der Waals surface area contributed by atoms with E-state index in [1.165, 1.54) is 10.8 Å². The van der Waals surface area contributed by atoms with E-state index in [1.807, 2.05) is 6.07 Å². The largest absolute Gasteiger partial charge is 0.391 e. The SMILES string of the molecule is C#CCNC(=O)/C(C#N)=c1\s/c(=C/Nc2cccc(NC(=O)CN3CCC(C(F)(F)F)CC3)c2)c(=O)n1CC. The quantitative estimate of drug-likeness (QED) is 0.421. The van der Waals surface area contributed by atoms with E-state index in [1.54, 1.807) is 36.1 Å². The molecule has 0 bridgehead atoms. The number of hydrogen-bond acceptors (Lipinski definition) is 7. The van der Waals surface area contributed by atoms with Gasteiger partial charge in [0.25, 0.3) is 11.5 Å². The predicted molar refractivity (Wildman–Crippen MR) is 143 cm³/mol. The Kier molecular flexibility index (Phi) is 9.93. The van der Waals surface area contributed by atoms with Gasteiger partial charge in [0.1, 0.15) is 15.3 Å². The van der Waals surface area contributed by atoms with Crippen LogP contribution in [0.4, 0.5) is 24.5 Å². The van der Waals surface area contributed by atoms with E-state index in [2.05, 4.69) is 21.9 Å². The molecule has 1 fully saturated rings. The van der Waals surface area contributed by atoms with Crippen molar-refractivity contribution in [3.63, 3.8) is 0 Å². The van der Waals surface area contributed by atoms with Crippen molar-refractivity contribution in [2.75, 3.05) is 36.8 Å². The number of carbonyl (C=O) groups is 2. The highest BCUT2D eigenvalue weighted by atomic mass is 32.1. The van der Waals surface area contributed by atoms with Gasteiger partial charge < -0.3 is 16.0 Å². The molecule has 3 rings (SSSR count). The number of nitrogens with zero attached hydrogens (tertiary/aromatic N) is 3. The highest BCUT2D eigenvalue weighted by molar-refractivity contribution is 7.07. The first-order valence-corrected chi connectivity index (χ1v) is 12.9. The third kappa shape index (κ3) is 7.72. The lowest BCUT2D eigenvalue weighted by Gasteiger charge is -2.32. The minimum absolute atomic E-state index is 0.0183. The molecule has 2 amide bonds. The van der Waals surface area contributed by atoms with Gasteiger partial charge in [-0.05, 0) is 51.1 Å². The van der Waals surface area contributed by atoms with Crippen LogP contribution in [0.15, 0.2) is 29.1 Å². The van der Waals surface area contributed by atoms with E-state index in [0.29, 0.717) is 11.4 Å². The number of terminal acetylenes is 1. The molecule has 1 aliphatic heterocycles. The molecule has 2 heterocycles. The second kappa shape index (κ2) is 13.1. The summed E-state index contributed by atoms with van der Waals surface area (Å²) < 4.78 is 40.3. The zero-order chi connectivity index (χ0) is 28.6. The van der Waals surface area contributed by atoms with Crippen molar-refractivity contribution in [3.8, 4) is 18.4 Å². The lowest BCUT2D eigenvalue weighted by atomic mass is 9.96. The Morgan fingerprint density at radius 2 is 1.95 bits per heavy atom. The highest BCUT2D eigenvalue weighted by Gasteiger charge is 2.41. The third-order valence-electron chi connectivity index (χ3n) is 6.06. The number of likely N-dealkylation sites (tertiary alicyclic amines) is 1.